The van der Waals surface area contributed by atoms with Gasteiger partial charge in [0.25, 0.3) is 0 Å². The maximum atomic E-state index is 10.2. The van der Waals surface area contributed by atoms with E-state index in [1.165, 1.54) is 12.1 Å². The van der Waals surface area contributed by atoms with E-state index in [1.54, 1.807) is 0 Å². The van der Waals surface area contributed by atoms with Crippen molar-refractivity contribution in [3.8, 4) is 0 Å². The van der Waals surface area contributed by atoms with Gasteiger partial charge in [-0.2, -0.15) is 0 Å². The van der Waals surface area contributed by atoms with Crippen LogP contribution in [-0.4, -0.2) is 10.0 Å². The highest BCUT2D eigenvalue weighted by Gasteiger charge is 2.45. The van der Waals surface area contributed by atoms with Gasteiger partial charge < -0.3 is 9.52 Å². The van der Waals surface area contributed by atoms with Crippen LogP contribution in [0.5, 0.6) is 0 Å². The number of nitrogens with zero attached hydrogens (tertiary/aromatic N) is 1. The largest absolute Gasteiger partial charge is 0.433 e. The van der Waals surface area contributed by atoms with Crippen LogP contribution in [0.3, 0.4) is 0 Å². The Labute approximate surface area is 67.8 Å². The van der Waals surface area contributed by atoms with E-state index in [4.69, 9.17) is 4.42 Å². The van der Waals surface area contributed by atoms with Crippen molar-refractivity contribution < 1.29 is 14.4 Å². The molecule has 0 saturated heterocycles. The minimum Gasteiger partial charge on any atom is -0.403 e. The molecular formula is C7H7NO4. The van der Waals surface area contributed by atoms with E-state index in [9.17, 15) is 15.2 Å². The number of furan rings is 1. The minimum atomic E-state index is -0.922. The quantitative estimate of drug-likeness (QED) is 0.532. The van der Waals surface area contributed by atoms with E-state index in [1.807, 2.05) is 0 Å². The third-order valence-electron chi connectivity index (χ3n) is 1.95. The first-order chi connectivity index (χ1) is 5.62. The van der Waals surface area contributed by atoms with E-state index in [0.717, 1.165) is 0 Å². The molecule has 0 spiro atoms. The number of hydrogen-bond donors (Lipinski definition) is 1. The summed E-state index contributed by atoms with van der Waals surface area (Å²) in [4.78, 5) is 9.58. The molecule has 0 aliphatic heterocycles. The van der Waals surface area contributed by atoms with Crippen molar-refractivity contribution in [2.24, 2.45) is 0 Å². The first-order valence-electron chi connectivity index (χ1n) is 3.59. The first kappa shape index (κ1) is 7.30. The lowest BCUT2D eigenvalue weighted by molar-refractivity contribution is -0.402. The predicted octanol–water partition coefficient (Wildman–Crippen LogP) is 1.17. The van der Waals surface area contributed by atoms with Crippen LogP contribution in [-0.2, 0) is 5.60 Å². The smallest absolute Gasteiger partial charge is 0.403 e. The fourth-order valence-corrected chi connectivity index (χ4v) is 1.04. The molecule has 12 heavy (non-hydrogen) atoms. The van der Waals surface area contributed by atoms with Crippen molar-refractivity contribution >= 4 is 5.88 Å². The standard InChI is InChI=1S/C7H7NO4/c9-7(3-4-7)5-1-2-6(12-5)8(10)11/h1-2,9H,3-4H2. The molecular weight excluding hydrogens is 162 g/mol. The second kappa shape index (κ2) is 2.07. The van der Waals surface area contributed by atoms with Gasteiger partial charge in [-0.3, -0.25) is 10.1 Å². The molecule has 2 rings (SSSR count). The van der Waals surface area contributed by atoms with Crippen molar-refractivity contribution in [1.29, 1.82) is 0 Å². The Kier molecular flexibility index (Phi) is 1.26. The van der Waals surface area contributed by atoms with Gasteiger partial charge in [-0.1, -0.05) is 0 Å². The highest BCUT2D eigenvalue weighted by molar-refractivity contribution is 5.24. The predicted molar refractivity (Wildman–Crippen MR) is 38.5 cm³/mol. The molecule has 64 valence electrons. The Morgan fingerprint density at radius 2 is 2.25 bits per heavy atom. The maximum Gasteiger partial charge on any atom is 0.433 e. The van der Waals surface area contributed by atoms with Gasteiger partial charge in [0.15, 0.2) is 0 Å². The third kappa shape index (κ3) is 0.984. The van der Waals surface area contributed by atoms with Crippen molar-refractivity contribution in [2.75, 3.05) is 0 Å². The Balaban J connectivity index is 2.30. The average molecular weight is 169 g/mol. The highest BCUT2D eigenvalue weighted by Crippen LogP contribution is 2.46. The van der Waals surface area contributed by atoms with Gasteiger partial charge >= 0.3 is 5.88 Å². The van der Waals surface area contributed by atoms with Crippen molar-refractivity contribution in [3.05, 3.63) is 28.0 Å². The van der Waals surface area contributed by atoms with E-state index < -0.39 is 10.5 Å². The molecule has 0 aromatic carbocycles. The molecule has 1 N–H and O–H groups in total. The van der Waals surface area contributed by atoms with E-state index in [0.29, 0.717) is 18.6 Å². The number of rotatable bonds is 2. The molecule has 0 amide bonds. The van der Waals surface area contributed by atoms with Crippen LogP contribution in [0.25, 0.3) is 0 Å². The molecule has 1 aliphatic carbocycles. The van der Waals surface area contributed by atoms with E-state index in [-0.39, 0.29) is 5.88 Å². The van der Waals surface area contributed by atoms with Crippen LogP contribution in [0.2, 0.25) is 0 Å². The Hall–Kier alpha value is -1.36. The number of nitro groups is 1. The lowest BCUT2D eigenvalue weighted by Crippen LogP contribution is -2.01. The Bertz CT molecular complexity index is 326. The van der Waals surface area contributed by atoms with Gasteiger partial charge in [-0.15, -0.1) is 0 Å². The molecule has 1 heterocycles. The Morgan fingerprint density at radius 3 is 2.67 bits per heavy atom. The molecule has 5 heteroatoms. The van der Waals surface area contributed by atoms with Crippen LogP contribution >= 0.6 is 0 Å². The van der Waals surface area contributed by atoms with E-state index in [2.05, 4.69) is 0 Å². The summed E-state index contributed by atoms with van der Waals surface area (Å²) in [6, 6.07) is 2.71. The van der Waals surface area contributed by atoms with Gasteiger partial charge in [-0.05, 0) is 18.9 Å². The molecule has 0 atom stereocenters. The zero-order chi connectivity index (χ0) is 8.77. The maximum absolute atomic E-state index is 10.2. The molecule has 1 saturated carbocycles. The average Bonchev–Trinajstić information content (AvgIpc) is 2.61. The second-order valence-corrected chi connectivity index (χ2v) is 2.93. The van der Waals surface area contributed by atoms with Crippen molar-refractivity contribution in [2.45, 2.75) is 18.4 Å². The van der Waals surface area contributed by atoms with Crippen LogP contribution in [0.1, 0.15) is 18.6 Å². The van der Waals surface area contributed by atoms with E-state index >= 15 is 0 Å². The van der Waals surface area contributed by atoms with Crippen molar-refractivity contribution in [1.82, 2.24) is 0 Å². The van der Waals surface area contributed by atoms with Crippen LogP contribution in [0, 0.1) is 10.1 Å². The molecule has 0 unspecified atom stereocenters. The zero-order valence-electron chi connectivity index (χ0n) is 6.19. The van der Waals surface area contributed by atoms with Gasteiger partial charge in [-0.25, -0.2) is 0 Å². The fraction of sp³-hybridized carbons (Fsp3) is 0.429. The summed E-state index contributed by atoms with van der Waals surface area (Å²) in [6.45, 7) is 0. The van der Waals surface area contributed by atoms with Crippen LogP contribution in [0.15, 0.2) is 16.5 Å². The molecule has 0 radical (unpaired) electrons. The van der Waals surface area contributed by atoms with Gasteiger partial charge in [0, 0.05) is 0 Å². The molecule has 0 bridgehead atoms. The summed E-state index contributed by atoms with van der Waals surface area (Å²) in [5, 5.41) is 19.7. The van der Waals surface area contributed by atoms with Crippen LogP contribution in [0.4, 0.5) is 5.88 Å². The molecule has 1 aromatic rings. The molecule has 1 aliphatic rings. The normalized spacial score (nSPS) is 19.1. The lowest BCUT2D eigenvalue weighted by Gasteiger charge is -1.99. The van der Waals surface area contributed by atoms with Gasteiger partial charge in [0.2, 0.25) is 0 Å². The SMILES string of the molecule is O=[N+]([O-])c1ccc(C2(O)CC2)o1. The summed E-state index contributed by atoms with van der Waals surface area (Å²) < 4.78 is 4.82. The monoisotopic (exact) mass is 169 g/mol. The van der Waals surface area contributed by atoms with Crippen LogP contribution < -0.4 is 0 Å². The topological polar surface area (TPSA) is 76.5 Å². The lowest BCUT2D eigenvalue weighted by atomic mass is 10.2. The minimum absolute atomic E-state index is 0.300. The molecule has 1 aromatic heterocycles. The number of aliphatic hydroxyl groups is 1. The highest BCUT2D eigenvalue weighted by atomic mass is 16.6. The fourth-order valence-electron chi connectivity index (χ4n) is 1.04. The molecule has 5 nitrogen and oxygen atoms in total. The summed E-state index contributed by atoms with van der Waals surface area (Å²) in [7, 11) is 0. The summed E-state index contributed by atoms with van der Waals surface area (Å²) in [5.74, 6) is -0.0143. The molecule has 1 fully saturated rings. The summed E-state index contributed by atoms with van der Waals surface area (Å²) in [5.41, 5.74) is -0.922. The second-order valence-electron chi connectivity index (χ2n) is 2.93. The number of hydrogen-bond acceptors (Lipinski definition) is 4. The van der Waals surface area contributed by atoms with Gasteiger partial charge in [0.05, 0.1) is 6.07 Å². The Morgan fingerprint density at radius 1 is 1.58 bits per heavy atom. The van der Waals surface area contributed by atoms with Gasteiger partial charge in [0.1, 0.15) is 16.3 Å². The first-order valence-corrected chi connectivity index (χ1v) is 3.59. The summed E-state index contributed by atoms with van der Waals surface area (Å²) >= 11 is 0. The van der Waals surface area contributed by atoms with Crippen molar-refractivity contribution in [3.63, 3.8) is 0 Å². The zero-order valence-corrected chi connectivity index (χ0v) is 6.19. The summed E-state index contributed by atoms with van der Waals surface area (Å²) in [6.07, 6.45) is 1.25. The third-order valence-corrected chi connectivity index (χ3v) is 1.95.